The summed E-state index contributed by atoms with van der Waals surface area (Å²) in [5.74, 6) is 0.647. The van der Waals surface area contributed by atoms with Crippen molar-refractivity contribution in [1.29, 1.82) is 0 Å². The first-order valence-corrected chi connectivity index (χ1v) is 11.7. The molecule has 1 saturated heterocycles. The van der Waals surface area contributed by atoms with Gasteiger partial charge in [0, 0.05) is 18.0 Å². The minimum Gasteiger partial charge on any atom is -0.380 e. The minimum absolute atomic E-state index is 0.0460. The van der Waals surface area contributed by atoms with Crippen molar-refractivity contribution < 1.29 is 14.3 Å². The van der Waals surface area contributed by atoms with Crippen molar-refractivity contribution in [1.82, 2.24) is 24.9 Å². The molecule has 3 aliphatic rings. The minimum atomic E-state index is -0.544. The molecule has 0 aromatic carbocycles. The molecule has 2 aromatic rings. The van der Waals surface area contributed by atoms with Crippen LogP contribution >= 0.6 is 11.6 Å². The maximum Gasteiger partial charge on any atom is 0.274 e. The average Bonchev–Trinajstić information content (AvgIpc) is 3.25. The molecule has 3 heterocycles. The summed E-state index contributed by atoms with van der Waals surface area (Å²) in [7, 11) is 0. The summed E-state index contributed by atoms with van der Waals surface area (Å²) in [5, 5.41) is 6.32. The molecule has 0 spiro atoms. The van der Waals surface area contributed by atoms with Gasteiger partial charge in [-0.2, -0.15) is 9.50 Å². The largest absolute Gasteiger partial charge is 0.380 e. The van der Waals surface area contributed by atoms with Crippen LogP contribution in [0.4, 0.5) is 0 Å². The second kappa shape index (κ2) is 9.32. The number of aromatic nitrogens is 4. The summed E-state index contributed by atoms with van der Waals surface area (Å²) in [5.41, 5.74) is 1.50. The van der Waals surface area contributed by atoms with E-state index >= 15 is 0 Å². The molecule has 0 saturated carbocycles. The lowest BCUT2D eigenvalue weighted by molar-refractivity contribution is -0.125. The zero-order valence-corrected chi connectivity index (χ0v) is 19.6. The Balaban J connectivity index is 1.30. The second-order valence-corrected chi connectivity index (χ2v) is 9.54. The molecule has 9 nitrogen and oxygen atoms in total. The number of fused-ring (bicyclic) bond motifs is 1. The Hall–Kier alpha value is -3.01. The number of amides is 1. The quantitative estimate of drug-likeness (QED) is 0.626. The fraction of sp³-hybridized carbons (Fsp3) is 0.417. The molecule has 2 N–H and O–H groups in total. The molecule has 34 heavy (non-hydrogen) atoms. The van der Waals surface area contributed by atoms with Crippen LogP contribution in [0.15, 0.2) is 51.8 Å². The molecule has 0 radical (unpaired) electrons. The van der Waals surface area contributed by atoms with E-state index in [1.807, 2.05) is 18.2 Å². The summed E-state index contributed by atoms with van der Waals surface area (Å²) in [6.45, 7) is 3.84. The number of rotatable bonds is 7. The summed E-state index contributed by atoms with van der Waals surface area (Å²) < 4.78 is 12.6. The molecule has 1 atom stereocenters. The topological polar surface area (TPSA) is 111 Å². The number of aromatic amines is 1. The zero-order valence-electron chi connectivity index (χ0n) is 18.8. The molecule has 10 heteroatoms. The lowest BCUT2D eigenvalue weighted by atomic mass is 9.88. The highest BCUT2D eigenvalue weighted by Crippen LogP contribution is 2.28. The van der Waals surface area contributed by atoms with Gasteiger partial charge in [0.15, 0.2) is 5.82 Å². The normalized spacial score (nSPS) is 21.5. The van der Waals surface area contributed by atoms with Gasteiger partial charge >= 0.3 is 0 Å². The van der Waals surface area contributed by atoms with Crippen LogP contribution in [0.3, 0.4) is 0 Å². The molecule has 1 fully saturated rings. The molecular weight excluding hydrogens is 458 g/mol. The van der Waals surface area contributed by atoms with E-state index in [1.54, 1.807) is 6.08 Å². The predicted molar refractivity (Wildman–Crippen MR) is 127 cm³/mol. The Labute approximate surface area is 201 Å². The summed E-state index contributed by atoms with van der Waals surface area (Å²) in [6.07, 6.45) is 11.3. The van der Waals surface area contributed by atoms with Crippen LogP contribution in [0.5, 0.6) is 0 Å². The molecule has 1 aliphatic heterocycles. The van der Waals surface area contributed by atoms with E-state index in [0.717, 1.165) is 18.4 Å². The van der Waals surface area contributed by atoms with Gasteiger partial charge in [-0.1, -0.05) is 42.8 Å². The Morgan fingerprint density at radius 1 is 1.38 bits per heavy atom. The number of carbonyl (C=O) groups is 1. The standard InChI is InChI=1S/C24H26ClN5O4/c1-24(13-33-14-24)12-26-22(32)20-17(25)8-5-9-18(20)34-11-16-10-19(31)30-23(27-16)28-21(29-30)15-6-3-2-4-7-15/h2-3,5-6,8,10,18H,4,7,9,11-14H2,1H3,(H,26,32)(H,27,28,29). The van der Waals surface area contributed by atoms with Crippen molar-refractivity contribution in [3.8, 4) is 0 Å². The van der Waals surface area contributed by atoms with E-state index in [-0.39, 0.29) is 29.3 Å². The van der Waals surface area contributed by atoms with E-state index in [2.05, 4.69) is 33.4 Å². The van der Waals surface area contributed by atoms with Gasteiger partial charge < -0.3 is 14.8 Å². The van der Waals surface area contributed by atoms with Gasteiger partial charge in [-0.3, -0.25) is 14.7 Å². The lowest BCUT2D eigenvalue weighted by Crippen LogP contribution is -2.49. The van der Waals surface area contributed by atoms with Gasteiger partial charge in [-0.05, 0) is 30.9 Å². The number of nitrogens with one attached hydrogen (secondary N) is 2. The first-order valence-electron chi connectivity index (χ1n) is 11.3. The zero-order chi connectivity index (χ0) is 23.7. The van der Waals surface area contributed by atoms with Gasteiger partial charge in [-0.15, -0.1) is 0 Å². The van der Waals surface area contributed by atoms with Crippen molar-refractivity contribution in [2.75, 3.05) is 19.8 Å². The van der Waals surface area contributed by atoms with Crippen LogP contribution in [-0.2, 0) is 20.9 Å². The summed E-state index contributed by atoms with van der Waals surface area (Å²) in [6, 6.07) is 1.41. The highest BCUT2D eigenvalue weighted by atomic mass is 35.5. The number of ether oxygens (including phenoxy) is 2. The average molecular weight is 484 g/mol. The van der Waals surface area contributed by atoms with Crippen molar-refractivity contribution in [3.05, 3.63) is 68.9 Å². The Bertz CT molecular complexity index is 1300. The number of hydrogen-bond donors (Lipinski definition) is 2. The predicted octanol–water partition coefficient (Wildman–Crippen LogP) is 2.64. The highest BCUT2D eigenvalue weighted by Gasteiger charge is 2.35. The van der Waals surface area contributed by atoms with Crippen LogP contribution in [0, 0.1) is 5.41 Å². The summed E-state index contributed by atoms with van der Waals surface area (Å²) >= 11 is 6.37. The maximum atomic E-state index is 12.9. The van der Waals surface area contributed by atoms with Gasteiger partial charge in [0.2, 0.25) is 0 Å². The molecule has 1 unspecified atom stereocenters. The van der Waals surface area contributed by atoms with Crippen molar-refractivity contribution >= 4 is 28.9 Å². The number of carbonyl (C=O) groups excluding carboxylic acids is 1. The molecule has 5 rings (SSSR count). The van der Waals surface area contributed by atoms with Gasteiger partial charge in [0.25, 0.3) is 17.2 Å². The number of halogens is 1. The first-order chi connectivity index (χ1) is 16.4. The maximum absolute atomic E-state index is 12.9. The van der Waals surface area contributed by atoms with E-state index < -0.39 is 6.10 Å². The van der Waals surface area contributed by atoms with Gasteiger partial charge in [-0.25, -0.2) is 4.98 Å². The van der Waals surface area contributed by atoms with Crippen LogP contribution < -0.4 is 10.9 Å². The third-order valence-electron chi connectivity index (χ3n) is 6.15. The molecule has 0 bridgehead atoms. The Morgan fingerprint density at radius 3 is 2.97 bits per heavy atom. The van der Waals surface area contributed by atoms with E-state index in [1.165, 1.54) is 10.6 Å². The molecular formula is C24H26ClN5O4. The first kappa shape index (κ1) is 22.8. The lowest BCUT2D eigenvalue weighted by Gasteiger charge is -2.38. The van der Waals surface area contributed by atoms with Crippen molar-refractivity contribution in [2.45, 2.75) is 38.9 Å². The number of allylic oxidation sites excluding steroid dienone is 6. The Kier molecular flexibility index (Phi) is 6.24. The fourth-order valence-corrected chi connectivity index (χ4v) is 4.43. The van der Waals surface area contributed by atoms with E-state index in [9.17, 15) is 9.59 Å². The van der Waals surface area contributed by atoms with Crippen LogP contribution in [0.25, 0.3) is 11.4 Å². The molecule has 2 aliphatic carbocycles. The molecule has 2 aromatic heterocycles. The Morgan fingerprint density at radius 2 is 2.24 bits per heavy atom. The van der Waals surface area contributed by atoms with Gasteiger partial charge in [0.05, 0.1) is 42.2 Å². The third-order valence-corrected chi connectivity index (χ3v) is 6.48. The monoisotopic (exact) mass is 483 g/mol. The van der Waals surface area contributed by atoms with Crippen LogP contribution in [0.2, 0.25) is 0 Å². The summed E-state index contributed by atoms with van der Waals surface area (Å²) in [4.78, 5) is 34.5. The molecule has 178 valence electrons. The molecule has 1 amide bonds. The van der Waals surface area contributed by atoms with Crippen molar-refractivity contribution in [3.63, 3.8) is 0 Å². The van der Waals surface area contributed by atoms with Crippen LogP contribution in [-0.4, -0.2) is 51.4 Å². The van der Waals surface area contributed by atoms with E-state index in [0.29, 0.717) is 48.3 Å². The SMILES string of the molecule is CC1(CNC(=O)C2=C(Cl)C=CCC2OCc2cc(=O)n3[nH]c(C4=CC=CCC4)nc3n2)COC1. The van der Waals surface area contributed by atoms with Crippen molar-refractivity contribution in [2.24, 2.45) is 5.41 Å². The third kappa shape index (κ3) is 4.64. The highest BCUT2D eigenvalue weighted by molar-refractivity contribution is 6.33. The number of H-pyrrole nitrogens is 1. The smallest absolute Gasteiger partial charge is 0.274 e. The van der Waals surface area contributed by atoms with E-state index in [4.69, 9.17) is 21.1 Å². The number of hydrogen-bond acceptors (Lipinski definition) is 6. The fourth-order valence-electron chi connectivity index (χ4n) is 4.13. The number of nitrogens with zero attached hydrogens (tertiary/aromatic N) is 3. The van der Waals surface area contributed by atoms with Gasteiger partial charge in [0.1, 0.15) is 0 Å². The second-order valence-electron chi connectivity index (χ2n) is 9.14. The van der Waals surface area contributed by atoms with Crippen LogP contribution in [0.1, 0.15) is 37.7 Å².